The average Bonchev–Trinajstić information content (AvgIpc) is 2.69. The Balaban J connectivity index is 2.08. The Bertz CT molecular complexity index is 549. The van der Waals surface area contributed by atoms with Crippen LogP contribution in [-0.4, -0.2) is 0 Å². The molecular formula is C14H16BrNO2. The van der Waals surface area contributed by atoms with E-state index >= 15 is 0 Å². The van der Waals surface area contributed by atoms with Crippen molar-refractivity contribution in [1.82, 2.24) is 0 Å². The molecule has 1 heterocycles. The predicted molar refractivity (Wildman–Crippen MR) is 74.5 cm³/mol. The molecule has 0 amide bonds. The van der Waals surface area contributed by atoms with E-state index in [2.05, 4.69) is 15.9 Å². The molecule has 18 heavy (non-hydrogen) atoms. The highest BCUT2D eigenvalue weighted by molar-refractivity contribution is 9.10. The molecule has 4 heteroatoms. The molecule has 2 N–H and O–H groups in total. The van der Waals surface area contributed by atoms with E-state index in [-0.39, 0.29) is 0 Å². The van der Waals surface area contributed by atoms with Gasteiger partial charge >= 0.3 is 0 Å². The largest absolute Gasteiger partial charge is 0.488 e. The zero-order valence-electron chi connectivity index (χ0n) is 10.5. The zero-order chi connectivity index (χ0) is 13.1. The van der Waals surface area contributed by atoms with Gasteiger partial charge in [0, 0.05) is 5.56 Å². The molecule has 0 aliphatic heterocycles. The quantitative estimate of drug-likeness (QED) is 0.937. The number of hydrogen-bond donors (Lipinski definition) is 1. The van der Waals surface area contributed by atoms with Gasteiger partial charge in [-0.15, -0.1) is 0 Å². The van der Waals surface area contributed by atoms with Crippen molar-refractivity contribution in [3.8, 4) is 5.75 Å². The Kier molecular flexibility index (Phi) is 4.09. The minimum Gasteiger partial charge on any atom is -0.488 e. The van der Waals surface area contributed by atoms with Gasteiger partial charge in [0.15, 0.2) is 0 Å². The van der Waals surface area contributed by atoms with Crippen LogP contribution < -0.4 is 10.5 Å². The van der Waals surface area contributed by atoms with Gasteiger partial charge in [-0.05, 0) is 53.5 Å². The second kappa shape index (κ2) is 5.59. The molecule has 0 radical (unpaired) electrons. The third kappa shape index (κ3) is 2.94. The fraction of sp³-hybridized carbons (Fsp3) is 0.286. The maximum absolute atomic E-state index is 5.77. The van der Waals surface area contributed by atoms with E-state index in [1.165, 1.54) is 5.56 Å². The van der Waals surface area contributed by atoms with Crippen LogP contribution in [0.4, 0.5) is 0 Å². The Morgan fingerprint density at radius 2 is 2.06 bits per heavy atom. The lowest BCUT2D eigenvalue weighted by Gasteiger charge is -2.08. The summed E-state index contributed by atoms with van der Waals surface area (Å²) in [6, 6.07) is 7.95. The highest BCUT2D eigenvalue weighted by Gasteiger charge is 2.08. The number of furan rings is 1. The predicted octanol–water partition coefficient (Wildman–Crippen LogP) is 3.70. The van der Waals surface area contributed by atoms with E-state index in [0.29, 0.717) is 13.2 Å². The normalized spacial score (nSPS) is 10.7. The number of aryl methyl sites for hydroxylation is 2. The van der Waals surface area contributed by atoms with Crippen LogP contribution >= 0.6 is 15.9 Å². The molecule has 0 unspecified atom stereocenters. The zero-order valence-corrected chi connectivity index (χ0v) is 12.1. The molecule has 0 spiro atoms. The minimum atomic E-state index is 0.412. The van der Waals surface area contributed by atoms with Crippen molar-refractivity contribution in [3.63, 3.8) is 0 Å². The van der Waals surface area contributed by atoms with Gasteiger partial charge in [-0.1, -0.05) is 6.07 Å². The lowest BCUT2D eigenvalue weighted by atomic mass is 10.2. The molecule has 2 rings (SSSR count). The van der Waals surface area contributed by atoms with Crippen LogP contribution in [0.3, 0.4) is 0 Å². The molecule has 0 aliphatic rings. The first-order valence-electron chi connectivity index (χ1n) is 5.77. The van der Waals surface area contributed by atoms with Gasteiger partial charge in [-0.2, -0.15) is 0 Å². The van der Waals surface area contributed by atoms with Gasteiger partial charge in [0.2, 0.25) is 0 Å². The van der Waals surface area contributed by atoms with Crippen molar-refractivity contribution < 1.29 is 9.15 Å². The number of halogens is 1. The molecule has 0 atom stereocenters. The van der Waals surface area contributed by atoms with Crippen molar-refractivity contribution in [2.45, 2.75) is 27.0 Å². The van der Waals surface area contributed by atoms with Crippen LogP contribution in [0.1, 0.15) is 22.6 Å². The Hall–Kier alpha value is -1.26. The average molecular weight is 310 g/mol. The summed E-state index contributed by atoms with van der Waals surface area (Å²) in [5.41, 5.74) is 7.76. The molecule has 96 valence electrons. The Labute approximate surface area is 115 Å². The lowest BCUT2D eigenvalue weighted by molar-refractivity contribution is 0.301. The van der Waals surface area contributed by atoms with Gasteiger partial charge in [0.1, 0.15) is 23.9 Å². The maximum Gasteiger partial charge on any atom is 0.134 e. The van der Waals surface area contributed by atoms with Crippen molar-refractivity contribution in [1.29, 1.82) is 0 Å². The topological polar surface area (TPSA) is 48.4 Å². The van der Waals surface area contributed by atoms with Gasteiger partial charge in [0.05, 0.1) is 11.0 Å². The summed E-state index contributed by atoms with van der Waals surface area (Å²) in [4.78, 5) is 0. The highest BCUT2D eigenvalue weighted by atomic mass is 79.9. The molecule has 0 fully saturated rings. The van der Waals surface area contributed by atoms with Gasteiger partial charge in [0.25, 0.3) is 0 Å². The number of rotatable bonds is 4. The number of benzene rings is 1. The van der Waals surface area contributed by atoms with Gasteiger partial charge in [-0.25, -0.2) is 0 Å². The first-order chi connectivity index (χ1) is 8.60. The summed E-state index contributed by atoms with van der Waals surface area (Å²) in [7, 11) is 0. The molecule has 1 aromatic heterocycles. The van der Waals surface area contributed by atoms with Crippen LogP contribution in [0.25, 0.3) is 0 Å². The summed E-state index contributed by atoms with van der Waals surface area (Å²) in [6.07, 6.45) is 0. The first kappa shape index (κ1) is 13.2. The molecule has 0 saturated carbocycles. The van der Waals surface area contributed by atoms with Crippen LogP contribution in [0.15, 0.2) is 33.2 Å². The fourth-order valence-electron chi connectivity index (χ4n) is 1.71. The number of nitrogens with two attached hydrogens (primary N) is 1. The van der Waals surface area contributed by atoms with E-state index in [1.54, 1.807) is 0 Å². The van der Waals surface area contributed by atoms with Crippen LogP contribution in [0, 0.1) is 13.8 Å². The van der Waals surface area contributed by atoms with E-state index < -0.39 is 0 Å². The summed E-state index contributed by atoms with van der Waals surface area (Å²) in [6.45, 7) is 4.86. The van der Waals surface area contributed by atoms with E-state index in [0.717, 1.165) is 27.3 Å². The lowest BCUT2D eigenvalue weighted by Crippen LogP contribution is -1.97. The third-order valence-corrected chi connectivity index (χ3v) is 3.36. The maximum atomic E-state index is 5.77. The van der Waals surface area contributed by atoms with Crippen molar-refractivity contribution in [2.24, 2.45) is 5.73 Å². The van der Waals surface area contributed by atoms with Crippen molar-refractivity contribution in [2.75, 3.05) is 0 Å². The molecule has 3 nitrogen and oxygen atoms in total. The molecule has 1 aromatic carbocycles. The molecule has 2 aromatic rings. The standard InChI is InChI=1S/C14H16BrNO2/c1-9-3-4-14(13(15)5-9)17-8-11-6-12(7-16)18-10(11)2/h3-6H,7-8,16H2,1-2H3. The Morgan fingerprint density at radius 3 is 2.67 bits per heavy atom. The number of ether oxygens (including phenoxy) is 1. The van der Waals surface area contributed by atoms with E-state index in [1.807, 2.05) is 38.1 Å². The molecule has 0 aliphatic carbocycles. The smallest absolute Gasteiger partial charge is 0.134 e. The second-order valence-electron chi connectivity index (χ2n) is 4.22. The molecular weight excluding hydrogens is 294 g/mol. The summed E-state index contributed by atoms with van der Waals surface area (Å²) in [5, 5.41) is 0. The highest BCUT2D eigenvalue weighted by Crippen LogP contribution is 2.27. The summed E-state index contributed by atoms with van der Waals surface area (Å²) < 4.78 is 12.2. The van der Waals surface area contributed by atoms with Crippen LogP contribution in [0.5, 0.6) is 5.75 Å². The van der Waals surface area contributed by atoms with E-state index in [9.17, 15) is 0 Å². The Morgan fingerprint density at radius 1 is 1.28 bits per heavy atom. The van der Waals surface area contributed by atoms with Gasteiger partial charge in [-0.3, -0.25) is 0 Å². The summed E-state index contributed by atoms with van der Waals surface area (Å²) in [5.74, 6) is 2.48. The first-order valence-corrected chi connectivity index (χ1v) is 6.56. The van der Waals surface area contributed by atoms with Crippen molar-refractivity contribution in [3.05, 3.63) is 51.4 Å². The monoisotopic (exact) mass is 309 g/mol. The minimum absolute atomic E-state index is 0.412. The van der Waals surface area contributed by atoms with Crippen molar-refractivity contribution >= 4 is 15.9 Å². The van der Waals surface area contributed by atoms with Crippen LogP contribution in [-0.2, 0) is 13.2 Å². The third-order valence-electron chi connectivity index (χ3n) is 2.74. The van der Waals surface area contributed by atoms with E-state index in [4.69, 9.17) is 14.9 Å². The number of hydrogen-bond acceptors (Lipinski definition) is 3. The molecule has 0 bridgehead atoms. The second-order valence-corrected chi connectivity index (χ2v) is 5.08. The fourth-order valence-corrected chi connectivity index (χ4v) is 2.32. The SMILES string of the molecule is Cc1ccc(OCc2cc(CN)oc2C)c(Br)c1. The summed E-state index contributed by atoms with van der Waals surface area (Å²) >= 11 is 3.49. The van der Waals surface area contributed by atoms with Gasteiger partial charge < -0.3 is 14.9 Å². The molecule has 0 saturated heterocycles. The van der Waals surface area contributed by atoms with Crippen LogP contribution in [0.2, 0.25) is 0 Å².